The van der Waals surface area contributed by atoms with Gasteiger partial charge in [0, 0.05) is 43.4 Å². The summed E-state index contributed by atoms with van der Waals surface area (Å²) in [6, 6.07) is 16.1. The predicted molar refractivity (Wildman–Crippen MR) is 123 cm³/mol. The predicted octanol–water partition coefficient (Wildman–Crippen LogP) is 3.28. The first-order chi connectivity index (χ1) is 14.9. The number of amides is 1. The molecule has 6 nitrogen and oxygen atoms in total. The third kappa shape index (κ3) is 6.72. The second-order valence-corrected chi connectivity index (χ2v) is 8.00. The Labute approximate surface area is 183 Å². The summed E-state index contributed by atoms with van der Waals surface area (Å²) in [5.74, 6) is -0.631. The number of hydroxylamine groups is 1. The summed E-state index contributed by atoms with van der Waals surface area (Å²) in [4.78, 5) is 26.5. The number of benzene rings is 2. The van der Waals surface area contributed by atoms with E-state index in [4.69, 9.17) is 5.21 Å². The molecule has 1 amide bonds. The average Bonchev–Trinajstić information content (AvgIpc) is 2.75. The molecule has 1 fully saturated rings. The molecule has 3 rings (SSSR count). The zero-order valence-electron chi connectivity index (χ0n) is 17.9. The summed E-state index contributed by atoms with van der Waals surface area (Å²) in [7, 11) is 0. The Kier molecular flexibility index (Phi) is 7.89. The summed E-state index contributed by atoms with van der Waals surface area (Å²) >= 11 is 0. The summed E-state index contributed by atoms with van der Waals surface area (Å²) < 4.78 is 0. The first-order valence-electron chi connectivity index (χ1n) is 10.5. The van der Waals surface area contributed by atoms with Crippen LogP contribution in [0.15, 0.2) is 60.7 Å². The van der Waals surface area contributed by atoms with Crippen molar-refractivity contribution in [2.24, 2.45) is 0 Å². The number of carbonyl (C=O) groups is 2. The van der Waals surface area contributed by atoms with Gasteiger partial charge < -0.3 is 5.32 Å². The lowest BCUT2D eigenvalue weighted by atomic mass is 10.0. The van der Waals surface area contributed by atoms with E-state index in [9.17, 15) is 9.59 Å². The molecule has 3 N–H and O–H groups in total. The van der Waals surface area contributed by atoms with Crippen LogP contribution in [-0.4, -0.2) is 47.0 Å². The number of ketones is 1. The van der Waals surface area contributed by atoms with Crippen LogP contribution in [0.1, 0.15) is 40.9 Å². The van der Waals surface area contributed by atoms with Crippen molar-refractivity contribution in [3.63, 3.8) is 0 Å². The minimum atomic E-state index is -0.596. The number of carbonyl (C=O) groups excluding carboxylic acids is 2. The lowest BCUT2D eigenvalue weighted by Gasteiger charge is -2.36. The summed E-state index contributed by atoms with van der Waals surface area (Å²) in [6.07, 6.45) is 6.19. The Balaban J connectivity index is 1.72. The molecule has 0 aromatic heterocycles. The number of nitrogens with zero attached hydrogens (tertiary/aromatic N) is 1. The molecular formula is C25H29N3O3. The van der Waals surface area contributed by atoms with Crippen LogP contribution >= 0.6 is 0 Å². The van der Waals surface area contributed by atoms with Gasteiger partial charge in [0.2, 0.25) is 0 Å². The Bertz CT molecular complexity index is 973. The highest BCUT2D eigenvalue weighted by Gasteiger charge is 2.22. The van der Waals surface area contributed by atoms with Gasteiger partial charge in [0.1, 0.15) is 0 Å². The van der Waals surface area contributed by atoms with Gasteiger partial charge in [-0.05, 0) is 48.8 Å². The second kappa shape index (κ2) is 10.8. The molecule has 0 aliphatic carbocycles. The van der Waals surface area contributed by atoms with Crippen molar-refractivity contribution in [3.8, 4) is 0 Å². The van der Waals surface area contributed by atoms with E-state index in [0.29, 0.717) is 17.6 Å². The minimum absolute atomic E-state index is 0.0348. The van der Waals surface area contributed by atoms with Crippen molar-refractivity contribution < 1.29 is 14.8 Å². The fraction of sp³-hybridized carbons (Fsp3) is 0.280. The van der Waals surface area contributed by atoms with Crippen molar-refractivity contribution in [1.29, 1.82) is 0 Å². The molecule has 1 heterocycles. The molecule has 1 aliphatic rings. The number of hydrogen-bond acceptors (Lipinski definition) is 5. The maximum atomic E-state index is 12.9. The van der Waals surface area contributed by atoms with Crippen molar-refractivity contribution >= 4 is 23.8 Å². The molecule has 6 heteroatoms. The SMILES string of the molecule is C[C@@H]1CN(Cc2ccccc2C(=O)/C=C/c2cccc(/C=C/C(=O)NO)c2)C[C@H](C)N1. The number of piperazine rings is 1. The van der Waals surface area contributed by atoms with Gasteiger partial charge in [0.05, 0.1) is 0 Å². The fourth-order valence-electron chi connectivity index (χ4n) is 3.95. The molecule has 0 unspecified atom stereocenters. The van der Waals surface area contributed by atoms with Gasteiger partial charge in [-0.25, -0.2) is 5.48 Å². The molecule has 0 bridgehead atoms. The van der Waals surface area contributed by atoms with Crippen LogP contribution in [0, 0.1) is 0 Å². The molecule has 0 radical (unpaired) electrons. The Morgan fingerprint density at radius 2 is 1.68 bits per heavy atom. The first-order valence-corrected chi connectivity index (χ1v) is 10.5. The first kappa shape index (κ1) is 22.6. The van der Waals surface area contributed by atoms with Crippen LogP contribution in [-0.2, 0) is 11.3 Å². The molecule has 0 spiro atoms. The third-order valence-electron chi connectivity index (χ3n) is 5.19. The summed E-state index contributed by atoms with van der Waals surface area (Å²) in [6.45, 7) is 7.03. The van der Waals surface area contributed by atoms with Crippen LogP contribution in [0.25, 0.3) is 12.2 Å². The van der Waals surface area contributed by atoms with Crippen LogP contribution in [0.3, 0.4) is 0 Å². The zero-order valence-corrected chi connectivity index (χ0v) is 17.9. The molecule has 2 aromatic rings. The van der Waals surface area contributed by atoms with Crippen molar-refractivity contribution in [3.05, 3.63) is 82.9 Å². The molecule has 2 aromatic carbocycles. The Hall–Kier alpha value is -3.06. The molecule has 1 saturated heterocycles. The number of rotatable bonds is 7. The van der Waals surface area contributed by atoms with Gasteiger partial charge in [0.25, 0.3) is 5.91 Å². The van der Waals surface area contributed by atoms with E-state index in [-0.39, 0.29) is 5.78 Å². The summed E-state index contributed by atoms with van der Waals surface area (Å²) in [5.41, 5.74) is 4.95. The molecule has 1 aliphatic heterocycles. The third-order valence-corrected chi connectivity index (χ3v) is 5.19. The van der Waals surface area contributed by atoms with E-state index < -0.39 is 5.91 Å². The maximum absolute atomic E-state index is 12.9. The summed E-state index contributed by atoms with van der Waals surface area (Å²) in [5, 5.41) is 12.1. The lowest BCUT2D eigenvalue weighted by molar-refractivity contribution is -0.124. The molecular weight excluding hydrogens is 390 g/mol. The van der Waals surface area contributed by atoms with Gasteiger partial charge in [-0.2, -0.15) is 0 Å². The van der Waals surface area contributed by atoms with Crippen molar-refractivity contribution in [1.82, 2.24) is 15.7 Å². The number of hydrogen-bond donors (Lipinski definition) is 3. The van der Waals surface area contributed by atoms with E-state index in [1.54, 1.807) is 23.7 Å². The van der Waals surface area contributed by atoms with Crippen LogP contribution in [0.2, 0.25) is 0 Å². The lowest BCUT2D eigenvalue weighted by Crippen LogP contribution is -2.53. The molecule has 0 saturated carbocycles. The van der Waals surface area contributed by atoms with E-state index in [1.165, 1.54) is 6.08 Å². The maximum Gasteiger partial charge on any atom is 0.267 e. The van der Waals surface area contributed by atoms with Crippen molar-refractivity contribution in [2.45, 2.75) is 32.5 Å². The molecule has 31 heavy (non-hydrogen) atoms. The highest BCUT2D eigenvalue weighted by atomic mass is 16.5. The van der Waals surface area contributed by atoms with Crippen LogP contribution in [0.5, 0.6) is 0 Å². The van der Waals surface area contributed by atoms with E-state index in [0.717, 1.165) is 36.3 Å². The monoisotopic (exact) mass is 419 g/mol. The zero-order chi connectivity index (χ0) is 22.2. The van der Waals surface area contributed by atoms with Gasteiger partial charge >= 0.3 is 0 Å². The normalized spacial score (nSPS) is 19.7. The van der Waals surface area contributed by atoms with Gasteiger partial charge in [0.15, 0.2) is 5.78 Å². The highest BCUT2D eigenvalue weighted by molar-refractivity contribution is 6.07. The second-order valence-electron chi connectivity index (χ2n) is 8.00. The fourth-order valence-corrected chi connectivity index (χ4v) is 3.95. The van der Waals surface area contributed by atoms with Gasteiger partial charge in [-0.15, -0.1) is 0 Å². The van der Waals surface area contributed by atoms with Gasteiger partial charge in [-0.1, -0.05) is 48.5 Å². The number of nitrogens with one attached hydrogen (secondary N) is 2. The van der Waals surface area contributed by atoms with Gasteiger partial charge in [-0.3, -0.25) is 19.7 Å². The minimum Gasteiger partial charge on any atom is -0.309 e. The van der Waals surface area contributed by atoms with E-state index >= 15 is 0 Å². The number of allylic oxidation sites excluding steroid dienone is 1. The van der Waals surface area contributed by atoms with E-state index in [1.807, 2.05) is 48.5 Å². The largest absolute Gasteiger partial charge is 0.309 e. The highest BCUT2D eigenvalue weighted by Crippen LogP contribution is 2.17. The molecule has 162 valence electrons. The average molecular weight is 420 g/mol. The topological polar surface area (TPSA) is 81.7 Å². The molecule has 2 atom stereocenters. The quantitative estimate of drug-likeness (QED) is 0.278. The van der Waals surface area contributed by atoms with Crippen LogP contribution in [0.4, 0.5) is 0 Å². The Morgan fingerprint density at radius 3 is 2.35 bits per heavy atom. The van der Waals surface area contributed by atoms with Crippen molar-refractivity contribution in [2.75, 3.05) is 13.1 Å². The van der Waals surface area contributed by atoms with Crippen LogP contribution < -0.4 is 10.8 Å². The van der Waals surface area contributed by atoms with E-state index in [2.05, 4.69) is 24.1 Å². The smallest absolute Gasteiger partial charge is 0.267 e. The standard InChI is InChI=1S/C25H29N3O3/c1-18-15-28(16-19(2)26-18)17-22-8-3-4-9-23(22)24(29)12-10-20-6-5-7-21(14-20)11-13-25(30)27-31/h3-14,18-19,26,31H,15-17H2,1-2H3,(H,27,30)/b12-10+,13-11+/t18-,19+. The Morgan fingerprint density at radius 1 is 1.03 bits per heavy atom.